The Labute approximate surface area is 98.9 Å². The molecule has 4 heteroatoms. The lowest BCUT2D eigenvalue weighted by molar-refractivity contribution is 1.46. The first-order valence-corrected chi connectivity index (χ1v) is 6.75. The van der Waals surface area contributed by atoms with Crippen molar-refractivity contribution >= 4 is 49.1 Å². The summed E-state index contributed by atoms with van der Waals surface area (Å²) in [5.41, 5.74) is 0. The van der Waals surface area contributed by atoms with Crippen LogP contribution in [0.2, 0.25) is 0 Å². The van der Waals surface area contributed by atoms with Crippen molar-refractivity contribution in [2.45, 2.75) is 4.90 Å². The lowest BCUT2D eigenvalue weighted by Crippen LogP contribution is -1.72. The smallest absolute Gasteiger partial charge is 0.110 e. The Morgan fingerprint density at radius 1 is 1.43 bits per heavy atom. The molecule has 1 aromatic carbocycles. The van der Waals surface area contributed by atoms with Gasteiger partial charge in [-0.25, -0.2) is 0 Å². The van der Waals surface area contributed by atoms with Crippen LogP contribution in [0.1, 0.15) is 4.88 Å². The molecule has 0 radical (unpaired) electrons. The van der Waals surface area contributed by atoms with Gasteiger partial charge in [-0.2, -0.15) is 5.26 Å². The van der Waals surface area contributed by atoms with Crippen molar-refractivity contribution in [2.75, 3.05) is 6.26 Å². The molecule has 0 spiro atoms. The van der Waals surface area contributed by atoms with Crippen LogP contribution in [0.5, 0.6) is 0 Å². The Hall–Kier alpha value is -0.500. The van der Waals surface area contributed by atoms with Gasteiger partial charge in [0.2, 0.25) is 0 Å². The Bertz CT molecular complexity index is 525. The van der Waals surface area contributed by atoms with Gasteiger partial charge in [-0.05, 0) is 45.8 Å². The summed E-state index contributed by atoms with van der Waals surface area (Å²) in [6, 6.07) is 8.29. The third-order valence-electron chi connectivity index (χ3n) is 1.90. The van der Waals surface area contributed by atoms with Gasteiger partial charge in [0.15, 0.2) is 0 Å². The molecule has 2 rings (SSSR count). The average molecular weight is 284 g/mol. The van der Waals surface area contributed by atoms with Crippen LogP contribution < -0.4 is 0 Å². The molecule has 0 atom stereocenters. The summed E-state index contributed by atoms with van der Waals surface area (Å²) in [6.45, 7) is 0. The molecule has 0 aliphatic heterocycles. The highest BCUT2D eigenvalue weighted by atomic mass is 79.9. The maximum Gasteiger partial charge on any atom is 0.110 e. The summed E-state index contributed by atoms with van der Waals surface area (Å²) < 4.78 is 2.26. The zero-order valence-electron chi connectivity index (χ0n) is 7.37. The molecule has 1 nitrogen and oxygen atoms in total. The van der Waals surface area contributed by atoms with Crippen LogP contribution in [-0.2, 0) is 0 Å². The van der Waals surface area contributed by atoms with Crippen LogP contribution in [0, 0.1) is 11.3 Å². The number of benzene rings is 1. The lowest BCUT2D eigenvalue weighted by atomic mass is 10.2. The first-order valence-electron chi connectivity index (χ1n) is 3.92. The molecule has 0 fully saturated rings. The van der Waals surface area contributed by atoms with Gasteiger partial charge in [-0.15, -0.1) is 23.1 Å². The number of hydrogen-bond acceptors (Lipinski definition) is 3. The molecule has 1 heterocycles. The van der Waals surface area contributed by atoms with Gasteiger partial charge >= 0.3 is 0 Å². The van der Waals surface area contributed by atoms with Gasteiger partial charge in [-0.1, -0.05) is 0 Å². The zero-order chi connectivity index (χ0) is 10.1. The molecular weight excluding hydrogens is 278 g/mol. The van der Waals surface area contributed by atoms with E-state index < -0.39 is 0 Å². The van der Waals surface area contributed by atoms with Crippen LogP contribution >= 0.6 is 39.0 Å². The normalized spacial score (nSPS) is 10.4. The minimum atomic E-state index is 0.769. The molecule has 0 unspecified atom stereocenters. The number of thioether (sulfide) groups is 1. The monoisotopic (exact) mass is 283 g/mol. The van der Waals surface area contributed by atoms with Crippen molar-refractivity contribution in [3.05, 3.63) is 27.5 Å². The van der Waals surface area contributed by atoms with Crippen molar-refractivity contribution < 1.29 is 0 Å². The van der Waals surface area contributed by atoms with Gasteiger partial charge < -0.3 is 0 Å². The molecule has 0 aliphatic rings. The number of nitriles is 1. The maximum atomic E-state index is 8.78. The molecule has 0 aliphatic carbocycles. The molecule has 0 bridgehead atoms. The fourth-order valence-corrected chi connectivity index (χ4v) is 3.61. The van der Waals surface area contributed by atoms with Gasteiger partial charge in [0.25, 0.3) is 0 Å². The molecule has 2 aromatic rings. The molecule has 0 saturated carbocycles. The lowest BCUT2D eigenvalue weighted by Gasteiger charge is -1.99. The molecule has 1 aromatic heterocycles. The predicted molar refractivity (Wildman–Crippen MR) is 66.0 cm³/mol. The highest BCUT2D eigenvalue weighted by Crippen LogP contribution is 2.34. The first-order chi connectivity index (χ1) is 6.74. The molecule has 0 N–H and O–H groups in total. The van der Waals surface area contributed by atoms with Crippen LogP contribution in [-0.4, -0.2) is 6.26 Å². The van der Waals surface area contributed by atoms with Crippen molar-refractivity contribution in [1.29, 1.82) is 5.26 Å². The minimum Gasteiger partial charge on any atom is -0.192 e. The first kappa shape index (κ1) is 10.0. The van der Waals surface area contributed by atoms with E-state index in [1.54, 1.807) is 11.8 Å². The second-order valence-electron chi connectivity index (χ2n) is 2.75. The topological polar surface area (TPSA) is 23.8 Å². The maximum absolute atomic E-state index is 8.78. The molecule has 0 amide bonds. The Morgan fingerprint density at radius 3 is 2.86 bits per heavy atom. The third-order valence-corrected chi connectivity index (χ3v) is 4.60. The fourth-order valence-electron chi connectivity index (χ4n) is 1.25. The number of thiophene rings is 1. The summed E-state index contributed by atoms with van der Waals surface area (Å²) in [5.74, 6) is 0. The van der Waals surface area contributed by atoms with E-state index in [1.807, 2.05) is 12.3 Å². The van der Waals surface area contributed by atoms with Crippen LogP contribution in [0.3, 0.4) is 0 Å². The van der Waals surface area contributed by atoms with E-state index in [9.17, 15) is 0 Å². The summed E-state index contributed by atoms with van der Waals surface area (Å²) in [4.78, 5) is 1.98. The fraction of sp³-hybridized carbons (Fsp3) is 0.100. The predicted octanol–water partition coefficient (Wildman–Crippen LogP) is 4.26. The Morgan fingerprint density at radius 2 is 2.21 bits per heavy atom. The quantitative estimate of drug-likeness (QED) is 0.731. The van der Waals surface area contributed by atoms with E-state index in [0.717, 1.165) is 19.4 Å². The van der Waals surface area contributed by atoms with Crippen LogP contribution in [0.4, 0.5) is 0 Å². The van der Waals surface area contributed by atoms with Gasteiger partial charge in [0.05, 0.1) is 0 Å². The Kier molecular flexibility index (Phi) is 2.82. The van der Waals surface area contributed by atoms with E-state index >= 15 is 0 Å². The van der Waals surface area contributed by atoms with Gasteiger partial charge in [-0.3, -0.25) is 0 Å². The average Bonchev–Trinajstić information content (AvgIpc) is 2.58. The van der Waals surface area contributed by atoms with E-state index in [1.165, 1.54) is 16.2 Å². The summed E-state index contributed by atoms with van der Waals surface area (Å²) in [7, 11) is 0. The third kappa shape index (κ3) is 1.68. The SMILES string of the molecule is CSc1cc2cc(C#N)sc2cc1Br. The molecule has 0 saturated heterocycles. The van der Waals surface area contributed by atoms with Crippen LogP contribution in [0.15, 0.2) is 27.6 Å². The van der Waals surface area contributed by atoms with E-state index in [4.69, 9.17) is 5.26 Å². The molecular formula is C10H6BrNS2. The summed E-state index contributed by atoms with van der Waals surface area (Å²) in [5, 5.41) is 9.93. The number of hydrogen-bond donors (Lipinski definition) is 0. The largest absolute Gasteiger partial charge is 0.192 e. The second-order valence-corrected chi connectivity index (χ2v) is 5.53. The number of halogens is 1. The van der Waals surface area contributed by atoms with Crippen molar-refractivity contribution in [1.82, 2.24) is 0 Å². The van der Waals surface area contributed by atoms with Gasteiger partial charge in [0, 0.05) is 14.1 Å². The number of rotatable bonds is 1. The van der Waals surface area contributed by atoms with E-state index in [0.29, 0.717) is 0 Å². The standard InChI is InChI=1S/C10H6BrNS2/c1-13-10-3-6-2-7(5-12)14-9(6)4-8(10)11/h2-4H,1H3. The number of nitrogens with zero attached hydrogens (tertiary/aromatic N) is 1. The highest BCUT2D eigenvalue weighted by molar-refractivity contribution is 9.10. The number of fused-ring (bicyclic) bond motifs is 1. The summed E-state index contributed by atoms with van der Waals surface area (Å²) in [6.07, 6.45) is 2.05. The van der Waals surface area contributed by atoms with Crippen molar-refractivity contribution in [2.24, 2.45) is 0 Å². The van der Waals surface area contributed by atoms with E-state index in [2.05, 4.69) is 34.1 Å². The van der Waals surface area contributed by atoms with Crippen molar-refractivity contribution in [3.63, 3.8) is 0 Å². The molecule has 70 valence electrons. The minimum absolute atomic E-state index is 0.769. The van der Waals surface area contributed by atoms with Gasteiger partial charge in [0.1, 0.15) is 10.9 Å². The Balaban J connectivity index is 2.71. The zero-order valence-corrected chi connectivity index (χ0v) is 10.6. The highest BCUT2D eigenvalue weighted by Gasteiger charge is 2.05. The second kappa shape index (κ2) is 3.93. The molecule has 14 heavy (non-hydrogen) atoms. The summed E-state index contributed by atoms with van der Waals surface area (Å²) >= 11 is 6.74. The van der Waals surface area contributed by atoms with E-state index in [-0.39, 0.29) is 0 Å². The van der Waals surface area contributed by atoms with Crippen LogP contribution in [0.25, 0.3) is 10.1 Å². The van der Waals surface area contributed by atoms with Crippen molar-refractivity contribution in [3.8, 4) is 6.07 Å².